The van der Waals surface area contributed by atoms with Crippen molar-refractivity contribution in [2.75, 3.05) is 18.2 Å². The number of nitrogen functional groups attached to an aromatic ring is 1. The molecular weight excluding hydrogens is 339 g/mol. The molecule has 0 aromatic carbocycles. The summed E-state index contributed by atoms with van der Waals surface area (Å²) >= 11 is 12.1. The summed E-state index contributed by atoms with van der Waals surface area (Å²) in [5.41, 5.74) is 8.31. The lowest BCUT2D eigenvalue weighted by Crippen LogP contribution is -2.09. The van der Waals surface area contributed by atoms with Crippen molar-refractivity contribution in [3.63, 3.8) is 0 Å². The number of nitrogens with one attached hydrogen (secondary N) is 1. The van der Waals surface area contributed by atoms with Crippen LogP contribution in [-0.2, 0) is 6.54 Å². The number of nitrogens with zero attached hydrogens (tertiary/aromatic N) is 4. The number of nitrogens with two attached hydrogens (primary N) is 1. The molecule has 2 heterocycles. The van der Waals surface area contributed by atoms with Gasteiger partial charge in [0.2, 0.25) is 5.95 Å². The first kappa shape index (κ1) is 17.2. The van der Waals surface area contributed by atoms with Gasteiger partial charge in [-0.25, -0.2) is 4.98 Å². The quantitative estimate of drug-likeness (QED) is 0.485. The van der Waals surface area contributed by atoms with E-state index in [0.29, 0.717) is 34.6 Å². The highest BCUT2D eigenvalue weighted by Crippen LogP contribution is 2.32. The fraction of sp³-hybridized carbons (Fsp3) is 0.286. The highest BCUT2D eigenvalue weighted by molar-refractivity contribution is 6.32. The van der Waals surface area contributed by atoms with Crippen LogP contribution in [0.1, 0.15) is 16.8 Å². The van der Waals surface area contributed by atoms with E-state index in [9.17, 15) is 0 Å². The van der Waals surface area contributed by atoms with Gasteiger partial charge in [-0.2, -0.15) is 9.97 Å². The number of anilines is 2. The molecule has 0 bridgehead atoms. The lowest BCUT2D eigenvalue weighted by Gasteiger charge is -2.15. The van der Waals surface area contributed by atoms with Crippen LogP contribution in [0.4, 0.5) is 17.5 Å². The Kier molecular flexibility index (Phi) is 5.23. The van der Waals surface area contributed by atoms with Gasteiger partial charge in [0.15, 0.2) is 11.0 Å². The van der Waals surface area contributed by atoms with Crippen molar-refractivity contribution in [2.45, 2.75) is 20.4 Å². The molecule has 23 heavy (non-hydrogen) atoms. The zero-order chi connectivity index (χ0) is 17.1. The van der Waals surface area contributed by atoms with Gasteiger partial charge in [0.25, 0.3) is 0 Å². The highest BCUT2D eigenvalue weighted by atomic mass is 35.5. The van der Waals surface area contributed by atoms with Crippen LogP contribution in [-0.4, -0.2) is 28.8 Å². The van der Waals surface area contributed by atoms with Gasteiger partial charge in [-0.3, -0.25) is 4.99 Å². The van der Waals surface area contributed by atoms with Crippen molar-refractivity contribution >= 4 is 47.4 Å². The number of aliphatic imine (C=N–C) groups is 1. The summed E-state index contributed by atoms with van der Waals surface area (Å²) in [6.45, 7) is 7.54. The third-order valence-corrected chi connectivity index (χ3v) is 3.93. The molecule has 7 nitrogen and oxygen atoms in total. The number of rotatable bonds is 5. The molecule has 0 saturated carbocycles. The minimum Gasteiger partial charge on any atom is -0.496 e. The summed E-state index contributed by atoms with van der Waals surface area (Å²) in [5, 5.41) is 3.58. The molecule has 0 spiro atoms. The Balaban J connectivity index is 2.36. The van der Waals surface area contributed by atoms with E-state index in [0.717, 1.165) is 11.1 Å². The first-order chi connectivity index (χ1) is 10.9. The van der Waals surface area contributed by atoms with E-state index in [4.69, 9.17) is 33.7 Å². The lowest BCUT2D eigenvalue weighted by molar-refractivity contribution is 0.407. The van der Waals surface area contributed by atoms with Crippen molar-refractivity contribution < 1.29 is 4.74 Å². The second-order valence-corrected chi connectivity index (χ2v) is 5.43. The second kappa shape index (κ2) is 6.97. The first-order valence-corrected chi connectivity index (χ1v) is 7.37. The Morgan fingerprint density at radius 1 is 1.17 bits per heavy atom. The van der Waals surface area contributed by atoms with Crippen molar-refractivity contribution in [1.29, 1.82) is 0 Å². The van der Waals surface area contributed by atoms with Crippen LogP contribution in [0.5, 0.6) is 5.75 Å². The van der Waals surface area contributed by atoms with Crippen LogP contribution >= 0.6 is 23.2 Å². The monoisotopic (exact) mass is 354 g/mol. The zero-order valence-corrected chi connectivity index (χ0v) is 14.5. The Morgan fingerprint density at radius 3 is 2.48 bits per heavy atom. The molecule has 0 radical (unpaired) electrons. The van der Waals surface area contributed by atoms with Crippen LogP contribution in [0.15, 0.2) is 4.99 Å². The number of ether oxygens (including phenoxy) is 1. The van der Waals surface area contributed by atoms with Gasteiger partial charge in [0, 0.05) is 11.1 Å². The standard InChI is InChI=1S/C14H16Cl2N6O/c1-6-8(20-11(15)7(2)10(6)23-4)5-19-13-9(18-3)12(16)21-14(17)22-13/h3,5H2,1-2,4H3,(H3,17,19,21,22). The summed E-state index contributed by atoms with van der Waals surface area (Å²) in [7, 11) is 1.59. The summed E-state index contributed by atoms with van der Waals surface area (Å²) in [6.07, 6.45) is 0. The van der Waals surface area contributed by atoms with E-state index < -0.39 is 0 Å². The van der Waals surface area contributed by atoms with Crippen LogP contribution in [0.3, 0.4) is 0 Å². The van der Waals surface area contributed by atoms with Gasteiger partial charge in [-0.1, -0.05) is 23.2 Å². The average Bonchev–Trinajstić information content (AvgIpc) is 2.49. The van der Waals surface area contributed by atoms with E-state index in [1.54, 1.807) is 7.11 Å². The Morgan fingerprint density at radius 2 is 1.87 bits per heavy atom. The summed E-state index contributed by atoms with van der Waals surface area (Å²) in [5.74, 6) is 1.10. The Labute approximate surface area is 143 Å². The lowest BCUT2D eigenvalue weighted by atomic mass is 10.1. The van der Waals surface area contributed by atoms with E-state index in [1.165, 1.54) is 0 Å². The number of aromatic nitrogens is 3. The molecule has 0 aliphatic rings. The predicted molar refractivity (Wildman–Crippen MR) is 93.3 cm³/mol. The van der Waals surface area contributed by atoms with Gasteiger partial charge in [0.1, 0.15) is 16.6 Å². The molecule has 0 atom stereocenters. The smallest absolute Gasteiger partial charge is 0.223 e. The number of hydrogen-bond donors (Lipinski definition) is 2. The maximum atomic E-state index is 6.15. The topological polar surface area (TPSA) is 98.3 Å². The molecule has 0 unspecified atom stereocenters. The second-order valence-electron chi connectivity index (χ2n) is 4.71. The Hall–Kier alpha value is -2.12. The minimum atomic E-state index is 0.0362. The van der Waals surface area contributed by atoms with Crippen LogP contribution in [0, 0.1) is 13.8 Å². The van der Waals surface area contributed by atoms with E-state index in [1.807, 2.05) is 13.8 Å². The normalized spacial score (nSPS) is 10.5. The molecule has 9 heteroatoms. The van der Waals surface area contributed by atoms with Crippen molar-refractivity contribution in [1.82, 2.24) is 15.0 Å². The van der Waals surface area contributed by atoms with E-state index >= 15 is 0 Å². The van der Waals surface area contributed by atoms with Crippen molar-refractivity contribution in [3.8, 4) is 5.75 Å². The third-order valence-electron chi connectivity index (χ3n) is 3.30. The maximum Gasteiger partial charge on any atom is 0.223 e. The van der Waals surface area contributed by atoms with Crippen molar-refractivity contribution in [3.05, 3.63) is 27.1 Å². The summed E-state index contributed by atoms with van der Waals surface area (Å²) in [6, 6.07) is 0. The van der Waals surface area contributed by atoms with Gasteiger partial charge in [-0.05, 0) is 20.6 Å². The fourth-order valence-electron chi connectivity index (χ4n) is 2.15. The molecule has 0 saturated heterocycles. The summed E-state index contributed by atoms with van der Waals surface area (Å²) < 4.78 is 5.38. The van der Waals surface area contributed by atoms with Gasteiger partial charge in [0.05, 0.1) is 19.3 Å². The number of hydrogen-bond acceptors (Lipinski definition) is 7. The average molecular weight is 355 g/mol. The molecule has 2 aromatic rings. The molecule has 3 N–H and O–H groups in total. The fourth-order valence-corrected chi connectivity index (χ4v) is 2.57. The highest BCUT2D eigenvalue weighted by Gasteiger charge is 2.15. The molecule has 122 valence electrons. The molecule has 0 aliphatic carbocycles. The third kappa shape index (κ3) is 3.46. The maximum absolute atomic E-state index is 6.15. The largest absolute Gasteiger partial charge is 0.496 e. The van der Waals surface area contributed by atoms with Gasteiger partial charge in [-0.15, -0.1) is 0 Å². The van der Waals surface area contributed by atoms with Crippen molar-refractivity contribution in [2.24, 2.45) is 4.99 Å². The van der Waals surface area contributed by atoms with Crippen LogP contribution in [0.2, 0.25) is 10.3 Å². The zero-order valence-electron chi connectivity index (χ0n) is 12.9. The summed E-state index contributed by atoms with van der Waals surface area (Å²) in [4.78, 5) is 16.1. The van der Waals surface area contributed by atoms with Crippen LogP contribution in [0.25, 0.3) is 0 Å². The minimum absolute atomic E-state index is 0.0362. The van der Waals surface area contributed by atoms with Gasteiger partial charge >= 0.3 is 0 Å². The molecule has 0 fully saturated rings. The molecular formula is C14H16Cl2N6O. The van der Waals surface area contributed by atoms with Gasteiger partial charge < -0.3 is 15.8 Å². The van der Waals surface area contributed by atoms with E-state index in [2.05, 4.69) is 32.0 Å². The SMILES string of the molecule is C=Nc1c(Cl)nc(N)nc1NCc1nc(Cl)c(C)c(OC)c1C. The first-order valence-electron chi connectivity index (χ1n) is 6.62. The van der Waals surface area contributed by atoms with E-state index in [-0.39, 0.29) is 11.1 Å². The molecule has 2 rings (SSSR count). The molecule has 0 aliphatic heterocycles. The number of pyridine rings is 1. The molecule has 0 amide bonds. The van der Waals surface area contributed by atoms with Crippen LogP contribution < -0.4 is 15.8 Å². The number of halogens is 2. The number of methoxy groups -OCH3 is 1. The molecule has 2 aromatic heterocycles. The predicted octanol–water partition coefficient (Wildman–Crippen LogP) is 3.33. The Bertz CT molecular complexity index is 766.